The summed E-state index contributed by atoms with van der Waals surface area (Å²) in [5.74, 6) is -0.141. The summed E-state index contributed by atoms with van der Waals surface area (Å²) in [5.41, 5.74) is 4.52. The van der Waals surface area contributed by atoms with Crippen LogP contribution in [0.15, 0.2) is 47.4 Å². The van der Waals surface area contributed by atoms with Crippen molar-refractivity contribution in [2.45, 2.75) is 45.8 Å². The third-order valence-corrected chi connectivity index (χ3v) is 6.03. The highest BCUT2D eigenvalue weighted by molar-refractivity contribution is 5.74. The first kappa shape index (κ1) is 20.7. The molecule has 158 valence electrons. The smallest absolute Gasteiger partial charge is 0.251 e. The number of halogens is 1. The molecule has 0 amide bonds. The number of pyridine rings is 2. The Hall–Kier alpha value is -2.57. The summed E-state index contributed by atoms with van der Waals surface area (Å²) in [6.45, 7) is 7.99. The molecular weight excluding hydrogens is 379 g/mol. The zero-order valence-electron chi connectivity index (χ0n) is 17.7. The van der Waals surface area contributed by atoms with E-state index in [0.717, 1.165) is 54.6 Å². The topological polar surface area (TPSA) is 50.2 Å². The van der Waals surface area contributed by atoms with Crippen LogP contribution < -0.4 is 10.9 Å². The van der Waals surface area contributed by atoms with E-state index in [4.69, 9.17) is 0 Å². The van der Waals surface area contributed by atoms with E-state index in [1.165, 1.54) is 0 Å². The summed E-state index contributed by atoms with van der Waals surface area (Å²) in [6.07, 6.45) is 3.94. The van der Waals surface area contributed by atoms with Crippen molar-refractivity contribution in [2.24, 2.45) is 0 Å². The third kappa shape index (κ3) is 4.77. The number of piperidine rings is 1. The Morgan fingerprint density at radius 3 is 2.67 bits per heavy atom. The molecule has 3 aromatic rings. The minimum atomic E-state index is -0.141. The van der Waals surface area contributed by atoms with Crippen LogP contribution in [-0.4, -0.2) is 40.1 Å². The van der Waals surface area contributed by atoms with Crippen LogP contribution in [0.2, 0.25) is 0 Å². The van der Waals surface area contributed by atoms with E-state index in [0.29, 0.717) is 24.7 Å². The minimum Gasteiger partial charge on any atom is -0.310 e. The molecule has 0 radical (unpaired) electrons. The average Bonchev–Trinajstić information content (AvgIpc) is 2.74. The summed E-state index contributed by atoms with van der Waals surface area (Å²) < 4.78 is 15.5. The van der Waals surface area contributed by atoms with Crippen molar-refractivity contribution in [1.82, 2.24) is 19.8 Å². The Bertz CT molecular complexity index is 1090. The van der Waals surface area contributed by atoms with Crippen LogP contribution in [0.3, 0.4) is 0 Å². The Kier molecular flexibility index (Phi) is 6.25. The highest BCUT2D eigenvalue weighted by Gasteiger charge is 2.19. The summed E-state index contributed by atoms with van der Waals surface area (Å²) in [7, 11) is 0. The number of nitrogens with one attached hydrogen (secondary N) is 1. The van der Waals surface area contributed by atoms with E-state index in [-0.39, 0.29) is 11.4 Å². The second-order valence-corrected chi connectivity index (χ2v) is 8.32. The van der Waals surface area contributed by atoms with Crippen LogP contribution in [0, 0.1) is 19.7 Å². The maximum absolute atomic E-state index is 13.7. The molecular formula is C24H29FN4O. The van der Waals surface area contributed by atoms with E-state index in [2.05, 4.69) is 15.2 Å². The monoisotopic (exact) mass is 408 g/mol. The molecule has 0 saturated carbocycles. The predicted molar refractivity (Wildman–Crippen MR) is 118 cm³/mol. The Labute approximate surface area is 176 Å². The van der Waals surface area contributed by atoms with Gasteiger partial charge in [0.2, 0.25) is 0 Å². The second kappa shape index (κ2) is 9.06. The summed E-state index contributed by atoms with van der Waals surface area (Å²) in [6, 6.07) is 11.3. The molecule has 1 aliphatic rings. The first-order valence-electron chi connectivity index (χ1n) is 10.7. The standard InChI is InChI=1S/C24H29FN4O/c1-17-13-23-22(27-15-17)5-6-24(30)29(23)12-11-28-9-7-20(8-10-28)26-16-19-4-3-18(2)21(25)14-19/h3-6,13-15,20,26H,7-12,16H2,1-2H3. The highest BCUT2D eigenvalue weighted by Crippen LogP contribution is 2.15. The zero-order chi connectivity index (χ0) is 21.1. The molecule has 0 spiro atoms. The van der Waals surface area contributed by atoms with Gasteiger partial charge in [0, 0.05) is 37.9 Å². The lowest BCUT2D eigenvalue weighted by Crippen LogP contribution is -2.43. The Morgan fingerprint density at radius 1 is 1.10 bits per heavy atom. The van der Waals surface area contributed by atoms with Crippen molar-refractivity contribution in [3.63, 3.8) is 0 Å². The number of fused-ring (bicyclic) bond motifs is 1. The van der Waals surface area contributed by atoms with Gasteiger partial charge in [-0.25, -0.2) is 4.39 Å². The minimum absolute atomic E-state index is 0.0248. The molecule has 3 heterocycles. The van der Waals surface area contributed by atoms with Crippen LogP contribution in [0.25, 0.3) is 11.0 Å². The van der Waals surface area contributed by atoms with Crippen molar-refractivity contribution in [3.8, 4) is 0 Å². The number of rotatable bonds is 6. The first-order valence-corrected chi connectivity index (χ1v) is 10.7. The number of hydrogen-bond acceptors (Lipinski definition) is 4. The Morgan fingerprint density at radius 2 is 1.90 bits per heavy atom. The number of nitrogens with zero attached hydrogens (tertiary/aromatic N) is 3. The van der Waals surface area contributed by atoms with E-state index in [9.17, 15) is 9.18 Å². The third-order valence-electron chi connectivity index (χ3n) is 6.03. The fraction of sp³-hybridized carbons (Fsp3) is 0.417. The molecule has 6 heteroatoms. The van der Waals surface area contributed by atoms with Crippen LogP contribution in [0.5, 0.6) is 0 Å². The number of hydrogen-bond donors (Lipinski definition) is 1. The SMILES string of the molecule is Cc1cnc2ccc(=O)n(CCN3CCC(NCc4ccc(C)c(F)c4)CC3)c2c1. The van der Waals surface area contributed by atoms with Crippen molar-refractivity contribution < 1.29 is 4.39 Å². The van der Waals surface area contributed by atoms with E-state index >= 15 is 0 Å². The van der Waals surface area contributed by atoms with Gasteiger partial charge in [-0.1, -0.05) is 12.1 Å². The molecule has 1 N–H and O–H groups in total. The molecule has 0 atom stereocenters. The lowest BCUT2D eigenvalue weighted by atomic mass is 10.0. The second-order valence-electron chi connectivity index (χ2n) is 8.32. The lowest BCUT2D eigenvalue weighted by Gasteiger charge is -2.32. The van der Waals surface area contributed by atoms with Gasteiger partial charge in [0.25, 0.3) is 5.56 Å². The van der Waals surface area contributed by atoms with Gasteiger partial charge in [0.05, 0.1) is 11.0 Å². The molecule has 1 saturated heterocycles. The number of benzene rings is 1. The van der Waals surface area contributed by atoms with Crippen LogP contribution in [0.1, 0.15) is 29.5 Å². The molecule has 0 bridgehead atoms. The van der Waals surface area contributed by atoms with Gasteiger partial charge >= 0.3 is 0 Å². The van der Waals surface area contributed by atoms with Gasteiger partial charge in [0.1, 0.15) is 5.82 Å². The number of aryl methyl sites for hydroxylation is 2. The summed E-state index contributed by atoms with van der Waals surface area (Å²) >= 11 is 0. The first-order chi connectivity index (χ1) is 14.5. The average molecular weight is 409 g/mol. The van der Waals surface area contributed by atoms with Crippen LogP contribution in [0.4, 0.5) is 4.39 Å². The zero-order valence-corrected chi connectivity index (χ0v) is 17.7. The maximum atomic E-state index is 13.7. The van der Waals surface area contributed by atoms with Crippen molar-refractivity contribution in [3.05, 3.63) is 75.5 Å². The van der Waals surface area contributed by atoms with Crippen LogP contribution >= 0.6 is 0 Å². The molecule has 30 heavy (non-hydrogen) atoms. The van der Waals surface area contributed by atoms with Crippen molar-refractivity contribution in [2.75, 3.05) is 19.6 Å². The summed E-state index contributed by atoms with van der Waals surface area (Å²) in [4.78, 5) is 19.3. The van der Waals surface area contributed by atoms with Gasteiger partial charge in [-0.05, 0) is 74.7 Å². The normalized spacial score (nSPS) is 15.7. The number of aromatic nitrogens is 2. The van der Waals surface area contributed by atoms with E-state index < -0.39 is 0 Å². The highest BCUT2D eigenvalue weighted by atomic mass is 19.1. The quantitative estimate of drug-likeness (QED) is 0.679. The maximum Gasteiger partial charge on any atom is 0.251 e. The van der Waals surface area contributed by atoms with Crippen molar-refractivity contribution in [1.29, 1.82) is 0 Å². The number of likely N-dealkylation sites (tertiary alicyclic amines) is 1. The predicted octanol–water partition coefficient (Wildman–Crippen LogP) is 3.41. The molecule has 5 nitrogen and oxygen atoms in total. The van der Waals surface area contributed by atoms with Gasteiger partial charge in [-0.15, -0.1) is 0 Å². The lowest BCUT2D eigenvalue weighted by molar-refractivity contribution is 0.191. The van der Waals surface area contributed by atoms with E-state index in [1.54, 1.807) is 25.1 Å². The molecule has 4 rings (SSSR count). The van der Waals surface area contributed by atoms with Gasteiger partial charge in [0.15, 0.2) is 0 Å². The molecule has 1 aliphatic heterocycles. The van der Waals surface area contributed by atoms with Crippen molar-refractivity contribution >= 4 is 11.0 Å². The fourth-order valence-corrected chi connectivity index (χ4v) is 4.11. The van der Waals surface area contributed by atoms with Gasteiger partial charge in [-0.3, -0.25) is 9.78 Å². The molecule has 0 unspecified atom stereocenters. The molecule has 0 aliphatic carbocycles. The summed E-state index contributed by atoms with van der Waals surface area (Å²) in [5, 5.41) is 3.56. The van der Waals surface area contributed by atoms with Gasteiger partial charge < -0.3 is 14.8 Å². The fourth-order valence-electron chi connectivity index (χ4n) is 4.11. The molecule has 1 aromatic carbocycles. The molecule has 2 aromatic heterocycles. The Balaban J connectivity index is 1.30. The van der Waals surface area contributed by atoms with Crippen LogP contribution in [-0.2, 0) is 13.1 Å². The largest absolute Gasteiger partial charge is 0.310 e. The molecule has 1 fully saturated rings. The van der Waals surface area contributed by atoms with E-state index in [1.807, 2.05) is 35.9 Å². The van der Waals surface area contributed by atoms with Gasteiger partial charge in [-0.2, -0.15) is 0 Å².